The van der Waals surface area contributed by atoms with Crippen LogP contribution in [0.4, 0.5) is 4.39 Å². The lowest BCUT2D eigenvalue weighted by molar-refractivity contribution is 0.619. The van der Waals surface area contributed by atoms with Crippen LogP contribution in [0, 0.1) is 5.82 Å². The molecule has 18 heavy (non-hydrogen) atoms. The van der Waals surface area contributed by atoms with E-state index in [2.05, 4.69) is 25.9 Å². The van der Waals surface area contributed by atoms with Crippen molar-refractivity contribution in [1.82, 2.24) is 14.5 Å². The highest BCUT2D eigenvalue weighted by atomic mass is 79.9. The molecule has 0 radical (unpaired) electrons. The van der Waals surface area contributed by atoms with Crippen LogP contribution >= 0.6 is 27.5 Å². The summed E-state index contributed by atoms with van der Waals surface area (Å²) in [6.45, 7) is 0. The molecule has 0 atom stereocenters. The molecule has 0 spiro atoms. The first-order valence-electron chi connectivity index (χ1n) is 5.10. The Bertz CT molecular complexity index is 741. The third kappa shape index (κ3) is 1.71. The van der Waals surface area contributed by atoms with Crippen molar-refractivity contribution in [2.45, 2.75) is 0 Å². The minimum Gasteiger partial charge on any atom is -0.309 e. The third-order valence-electron chi connectivity index (χ3n) is 2.60. The molecule has 0 saturated heterocycles. The maximum Gasteiger partial charge on any atom is 0.157 e. The Morgan fingerprint density at radius 1 is 1.22 bits per heavy atom. The monoisotopic (exact) mass is 325 g/mol. The summed E-state index contributed by atoms with van der Waals surface area (Å²) in [5.74, 6) is -0.332. The Kier molecular flexibility index (Phi) is 2.80. The summed E-state index contributed by atoms with van der Waals surface area (Å²) in [7, 11) is 0. The zero-order valence-electron chi connectivity index (χ0n) is 8.94. The average Bonchev–Trinajstić information content (AvgIpc) is 2.69. The van der Waals surface area contributed by atoms with Crippen LogP contribution in [0.3, 0.4) is 0 Å². The third-order valence-corrected chi connectivity index (χ3v) is 3.46. The van der Waals surface area contributed by atoms with E-state index < -0.39 is 0 Å². The number of benzene rings is 1. The Hall–Kier alpha value is -1.46. The molecule has 0 aliphatic heterocycles. The van der Waals surface area contributed by atoms with E-state index in [1.54, 1.807) is 29.0 Å². The van der Waals surface area contributed by atoms with Crippen LogP contribution < -0.4 is 0 Å². The number of halogens is 3. The van der Waals surface area contributed by atoms with Gasteiger partial charge in [-0.1, -0.05) is 23.7 Å². The molecule has 3 nitrogen and oxygen atoms in total. The fourth-order valence-electron chi connectivity index (χ4n) is 1.82. The van der Waals surface area contributed by atoms with E-state index >= 15 is 0 Å². The molecule has 90 valence electrons. The van der Waals surface area contributed by atoms with Gasteiger partial charge < -0.3 is 4.57 Å². The van der Waals surface area contributed by atoms with E-state index in [1.807, 2.05) is 0 Å². The molecule has 0 aliphatic rings. The molecule has 3 aromatic rings. The first kappa shape index (κ1) is 11.6. The van der Waals surface area contributed by atoms with Crippen molar-refractivity contribution < 1.29 is 4.39 Å². The summed E-state index contributed by atoms with van der Waals surface area (Å²) in [5, 5.41) is 0.286. The number of fused-ring (bicyclic) bond motifs is 1. The van der Waals surface area contributed by atoms with Crippen LogP contribution in [0.2, 0.25) is 5.15 Å². The molecule has 0 N–H and O–H groups in total. The predicted molar refractivity (Wildman–Crippen MR) is 71.5 cm³/mol. The summed E-state index contributed by atoms with van der Waals surface area (Å²) < 4.78 is 16.2. The van der Waals surface area contributed by atoms with E-state index in [4.69, 9.17) is 11.6 Å². The predicted octanol–water partition coefficient (Wildman–Crippen LogP) is 3.98. The fourth-order valence-corrected chi connectivity index (χ4v) is 2.54. The summed E-state index contributed by atoms with van der Waals surface area (Å²) >= 11 is 9.44. The largest absolute Gasteiger partial charge is 0.309 e. The minimum absolute atomic E-state index is 0.286. The summed E-state index contributed by atoms with van der Waals surface area (Å²) in [6, 6.07) is 6.46. The van der Waals surface area contributed by atoms with E-state index in [9.17, 15) is 4.39 Å². The molecule has 0 saturated carbocycles. The van der Waals surface area contributed by atoms with Crippen LogP contribution in [-0.4, -0.2) is 14.5 Å². The van der Waals surface area contributed by atoms with Gasteiger partial charge in [-0.3, -0.25) is 0 Å². The van der Waals surface area contributed by atoms with Gasteiger partial charge in [0.05, 0.1) is 10.2 Å². The van der Waals surface area contributed by atoms with Crippen LogP contribution in [0.5, 0.6) is 0 Å². The molecule has 6 heteroatoms. The van der Waals surface area contributed by atoms with Gasteiger partial charge in [-0.05, 0) is 28.1 Å². The zero-order chi connectivity index (χ0) is 12.7. The van der Waals surface area contributed by atoms with Crippen LogP contribution in [-0.2, 0) is 0 Å². The van der Waals surface area contributed by atoms with Gasteiger partial charge in [0.15, 0.2) is 5.15 Å². The van der Waals surface area contributed by atoms with Crippen molar-refractivity contribution in [3.05, 3.63) is 52.2 Å². The van der Waals surface area contributed by atoms with Crippen molar-refractivity contribution in [3.8, 4) is 5.69 Å². The number of rotatable bonds is 1. The molecule has 0 fully saturated rings. The Labute approximate surface area is 115 Å². The lowest BCUT2D eigenvalue weighted by atomic mass is 10.3. The number of hydrogen-bond acceptors (Lipinski definition) is 2. The Morgan fingerprint density at radius 2 is 2.00 bits per heavy atom. The van der Waals surface area contributed by atoms with Gasteiger partial charge in [0.2, 0.25) is 0 Å². The zero-order valence-corrected chi connectivity index (χ0v) is 11.3. The van der Waals surface area contributed by atoms with Gasteiger partial charge in [0.1, 0.15) is 23.2 Å². The summed E-state index contributed by atoms with van der Waals surface area (Å²) in [6.07, 6.45) is 3.10. The molecule has 0 amide bonds. The summed E-state index contributed by atoms with van der Waals surface area (Å²) in [5.41, 5.74) is 1.64. The molecule has 1 aromatic carbocycles. The highest BCUT2D eigenvalue weighted by molar-refractivity contribution is 9.10. The topological polar surface area (TPSA) is 30.7 Å². The van der Waals surface area contributed by atoms with Crippen molar-refractivity contribution in [3.63, 3.8) is 0 Å². The van der Waals surface area contributed by atoms with Crippen molar-refractivity contribution >= 4 is 38.6 Å². The minimum atomic E-state index is -0.332. The maximum absolute atomic E-state index is 13.8. The highest BCUT2D eigenvalue weighted by Gasteiger charge is 2.15. The van der Waals surface area contributed by atoms with Crippen LogP contribution in [0.25, 0.3) is 16.7 Å². The lowest BCUT2D eigenvalue weighted by Gasteiger charge is -2.06. The van der Waals surface area contributed by atoms with Crippen molar-refractivity contribution in [2.75, 3.05) is 0 Å². The van der Waals surface area contributed by atoms with Gasteiger partial charge in [0.25, 0.3) is 0 Å². The molecular formula is C12H6BrClFN3. The van der Waals surface area contributed by atoms with Gasteiger partial charge in [-0.2, -0.15) is 0 Å². The molecule has 0 aliphatic carbocycles. The van der Waals surface area contributed by atoms with E-state index in [0.29, 0.717) is 16.7 Å². The Balaban J connectivity index is 2.41. The Morgan fingerprint density at radius 3 is 2.78 bits per heavy atom. The van der Waals surface area contributed by atoms with Crippen molar-refractivity contribution in [2.24, 2.45) is 0 Å². The highest BCUT2D eigenvalue weighted by Crippen LogP contribution is 2.31. The smallest absolute Gasteiger partial charge is 0.157 e. The molecule has 2 aromatic heterocycles. The van der Waals surface area contributed by atoms with Gasteiger partial charge in [-0.15, -0.1) is 0 Å². The first-order chi connectivity index (χ1) is 8.68. The molecule has 0 bridgehead atoms. The number of para-hydroxylation sites is 1. The summed E-state index contributed by atoms with van der Waals surface area (Å²) in [4.78, 5) is 8.06. The second kappa shape index (κ2) is 4.33. The van der Waals surface area contributed by atoms with Gasteiger partial charge >= 0.3 is 0 Å². The van der Waals surface area contributed by atoms with Crippen LogP contribution in [0.1, 0.15) is 0 Å². The molecule has 0 unspecified atom stereocenters. The molecule has 3 rings (SSSR count). The SMILES string of the molecule is Fc1ccccc1-n1cc(Br)c2ncnc(Cl)c21. The number of nitrogens with zero attached hydrogens (tertiary/aromatic N) is 3. The van der Waals surface area contributed by atoms with E-state index in [-0.39, 0.29) is 11.0 Å². The average molecular weight is 327 g/mol. The van der Waals surface area contributed by atoms with Gasteiger partial charge in [-0.25, -0.2) is 14.4 Å². The second-order valence-corrected chi connectivity index (χ2v) is 4.87. The van der Waals surface area contributed by atoms with Gasteiger partial charge in [0, 0.05) is 6.20 Å². The second-order valence-electron chi connectivity index (χ2n) is 3.66. The normalized spacial score (nSPS) is 11.1. The quantitative estimate of drug-likeness (QED) is 0.633. The lowest BCUT2D eigenvalue weighted by Crippen LogP contribution is -1.96. The molecule has 2 heterocycles. The van der Waals surface area contributed by atoms with E-state index in [0.717, 1.165) is 4.47 Å². The number of hydrogen-bond donors (Lipinski definition) is 0. The van der Waals surface area contributed by atoms with Crippen LogP contribution in [0.15, 0.2) is 41.3 Å². The van der Waals surface area contributed by atoms with Crippen molar-refractivity contribution in [1.29, 1.82) is 0 Å². The fraction of sp³-hybridized carbons (Fsp3) is 0. The maximum atomic E-state index is 13.8. The molecular weight excluding hydrogens is 321 g/mol. The standard InChI is InChI=1S/C12H6BrClFN3/c13-7-5-18(9-4-2-1-3-8(9)15)11-10(7)16-6-17-12(11)14/h1-6H. The van der Waals surface area contributed by atoms with E-state index in [1.165, 1.54) is 12.4 Å². The number of aromatic nitrogens is 3. The first-order valence-corrected chi connectivity index (χ1v) is 6.27.